The van der Waals surface area contributed by atoms with Crippen molar-refractivity contribution in [1.29, 1.82) is 0 Å². The Labute approximate surface area is 157 Å². The summed E-state index contributed by atoms with van der Waals surface area (Å²) in [5.74, 6) is 1.12. The van der Waals surface area contributed by atoms with Crippen molar-refractivity contribution < 1.29 is 14.8 Å². The van der Waals surface area contributed by atoms with Crippen LogP contribution in [0.25, 0.3) is 0 Å². The minimum absolute atomic E-state index is 0.0204. The molecule has 2 rings (SSSR count). The molecule has 0 unspecified atom stereocenters. The van der Waals surface area contributed by atoms with E-state index in [1.165, 1.54) is 11.1 Å². The molecule has 0 aromatic heterocycles. The number of carbonyl (C=O) groups is 1. The Bertz CT molecular complexity index is 696. The predicted molar refractivity (Wildman–Crippen MR) is 106 cm³/mol. The normalized spacial score (nSPS) is 12.0. The highest BCUT2D eigenvalue weighted by Crippen LogP contribution is 2.23. The van der Waals surface area contributed by atoms with Crippen LogP contribution < -0.4 is 15.4 Å². The third-order valence-corrected chi connectivity index (χ3v) is 4.51. The Kier molecular flexibility index (Phi) is 7.67. The first kappa shape index (κ1) is 20.0. The third kappa shape index (κ3) is 5.60. The number of hydrogen-bond acceptors (Lipinski definition) is 2. The van der Waals surface area contributed by atoms with Crippen molar-refractivity contribution in [2.45, 2.75) is 40.2 Å². The van der Waals surface area contributed by atoms with Gasteiger partial charge in [-0.25, -0.2) is 0 Å². The van der Waals surface area contributed by atoms with Gasteiger partial charge in [0.25, 0.3) is 5.91 Å². The van der Waals surface area contributed by atoms with Gasteiger partial charge >= 0.3 is 0 Å². The molecule has 0 aliphatic rings. The summed E-state index contributed by atoms with van der Waals surface area (Å²) >= 11 is 0. The van der Waals surface area contributed by atoms with E-state index in [9.17, 15) is 4.79 Å². The van der Waals surface area contributed by atoms with Crippen LogP contribution in [0.3, 0.4) is 0 Å². The Morgan fingerprint density at radius 3 is 2.38 bits per heavy atom. The molecule has 0 spiro atoms. The molecule has 2 aromatic carbocycles. The van der Waals surface area contributed by atoms with Gasteiger partial charge in [-0.2, -0.15) is 0 Å². The molecular formula is C22H31N2O2+. The van der Waals surface area contributed by atoms with Crippen molar-refractivity contribution in [3.05, 3.63) is 59.7 Å². The van der Waals surface area contributed by atoms with E-state index in [4.69, 9.17) is 4.74 Å². The molecule has 0 saturated heterocycles. The zero-order valence-electron chi connectivity index (χ0n) is 16.3. The number of hydrogen-bond donors (Lipinski definition) is 2. The topological polar surface area (TPSA) is 54.9 Å². The number of aryl methyl sites for hydroxylation is 1. The quantitative estimate of drug-likeness (QED) is 0.723. The van der Waals surface area contributed by atoms with E-state index >= 15 is 0 Å². The zero-order chi connectivity index (χ0) is 18.9. The molecule has 0 heterocycles. The van der Waals surface area contributed by atoms with Gasteiger partial charge in [-0.1, -0.05) is 57.2 Å². The van der Waals surface area contributed by atoms with E-state index < -0.39 is 0 Å². The van der Waals surface area contributed by atoms with E-state index in [0.29, 0.717) is 24.8 Å². The molecular weight excluding hydrogens is 324 g/mol. The molecule has 2 aromatic rings. The maximum absolute atomic E-state index is 12.4. The highest BCUT2D eigenvalue weighted by molar-refractivity contribution is 5.92. The first-order valence-electron chi connectivity index (χ1n) is 9.49. The molecule has 3 N–H and O–H groups in total. The molecule has 0 aliphatic heterocycles. The number of para-hydroxylation sites is 2. The first-order valence-corrected chi connectivity index (χ1v) is 9.49. The number of amides is 1. The summed E-state index contributed by atoms with van der Waals surface area (Å²) < 4.78 is 5.57. The Morgan fingerprint density at radius 1 is 1.08 bits per heavy atom. The summed E-state index contributed by atoms with van der Waals surface area (Å²) in [6.07, 6.45) is 1.04. The monoisotopic (exact) mass is 355 g/mol. The number of benzene rings is 2. The van der Waals surface area contributed by atoms with Crippen LogP contribution in [0.4, 0.5) is 5.69 Å². The second-order valence-electron chi connectivity index (χ2n) is 6.78. The molecule has 0 saturated carbocycles. The first-order chi connectivity index (χ1) is 12.5. The maximum atomic E-state index is 12.4. The summed E-state index contributed by atoms with van der Waals surface area (Å²) in [5, 5.41) is 5.08. The van der Waals surface area contributed by atoms with Crippen LogP contribution in [0.1, 0.15) is 44.9 Å². The minimum Gasteiger partial charge on any atom is -0.492 e. The van der Waals surface area contributed by atoms with Crippen LogP contribution in [0.15, 0.2) is 48.5 Å². The van der Waals surface area contributed by atoms with Crippen molar-refractivity contribution in [2.75, 3.05) is 18.5 Å². The lowest BCUT2D eigenvalue weighted by molar-refractivity contribution is -0.692. The fourth-order valence-corrected chi connectivity index (χ4v) is 3.06. The van der Waals surface area contributed by atoms with E-state index in [1.807, 2.05) is 31.2 Å². The van der Waals surface area contributed by atoms with Gasteiger partial charge in [-0.05, 0) is 31.0 Å². The average Bonchev–Trinajstić information content (AvgIpc) is 2.64. The standard InChI is InChI=1S/C22H30N2O2/c1-5-17-11-13-18(14-12-17)22(16(3)4)23-15-21(25)24-19-9-7-8-10-20(19)26-6-2/h7-14,16,22-23H,5-6,15H2,1-4H3,(H,24,25)/p+1/t22-/m0/s1. The lowest BCUT2D eigenvalue weighted by Gasteiger charge is -2.20. The third-order valence-electron chi connectivity index (χ3n) is 4.51. The Balaban J connectivity index is 1.99. The maximum Gasteiger partial charge on any atom is 0.279 e. The summed E-state index contributed by atoms with van der Waals surface area (Å²) in [6, 6.07) is 16.5. The van der Waals surface area contributed by atoms with Crippen LogP contribution >= 0.6 is 0 Å². The Hall–Kier alpha value is -2.33. The molecule has 0 bridgehead atoms. The highest BCUT2D eigenvalue weighted by atomic mass is 16.5. The van der Waals surface area contributed by atoms with E-state index in [1.54, 1.807) is 0 Å². The minimum atomic E-state index is -0.0204. The van der Waals surface area contributed by atoms with Gasteiger partial charge in [-0.3, -0.25) is 4.79 Å². The molecule has 1 amide bonds. The lowest BCUT2D eigenvalue weighted by Crippen LogP contribution is -2.88. The number of quaternary nitrogens is 1. The molecule has 4 nitrogen and oxygen atoms in total. The fraction of sp³-hybridized carbons (Fsp3) is 0.409. The smallest absolute Gasteiger partial charge is 0.279 e. The van der Waals surface area contributed by atoms with E-state index in [2.05, 4.69) is 55.7 Å². The summed E-state index contributed by atoms with van der Waals surface area (Å²) in [7, 11) is 0. The number of nitrogens with two attached hydrogens (primary N) is 1. The molecule has 26 heavy (non-hydrogen) atoms. The average molecular weight is 356 g/mol. The Morgan fingerprint density at radius 2 is 1.77 bits per heavy atom. The molecule has 140 valence electrons. The van der Waals surface area contributed by atoms with Crippen LogP contribution in [-0.4, -0.2) is 19.1 Å². The summed E-state index contributed by atoms with van der Waals surface area (Å²) in [4.78, 5) is 12.4. The number of anilines is 1. The number of rotatable bonds is 9. The summed E-state index contributed by atoms with van der Waals surface area (Å²) in [5.41, 5.74) is 3.32. The largest absolute Gasteiger partial charge is 0.492 e. The second-order valence-corrected chi connectivity index (χ2v) is 6.78. The fourth-order valence-electron chi connectivity index (χ4n) is 3.06. The number of ether oxygens (including phenoxy) is 1. The van der Waals surface area contributed by atoms with Crippen molar-refractivity contribution in [2.24, 2.45) is 5.92 Å². The van der Waals surface area contributed by atoms with Crippen LogP contribution in [0.2, 0.25) is 0 Å². The molecule has 0 aliphatic carbocycles. The van der Waals surface area contributed by atoms with Crippen molar-refractivity contribution in [3.8, 4) is 5.75 Å². The molecule has 1 atom stereocenters. The van der Waals surface area contributed by atoms with Gasteiger partial charge < -0.3 is 15.4 Å². The number of nitrogens with one attached hydrogen (secondary N) is 1. The van der Waals surface area contributed by atoms with Crippen LogP contribution in [-0.2, 0) is 11.2 Å². The number of carbonyl (C=O) groups excluding carboxylic acids is 1. The summed E-state index contributed by atoms with van der Waals surface area (Å²) in [6.45, 7) is 9.42. The zero-order valence-corrected chi connectivity index (χ0v) is 16.3. The van der Waals surface area contributed by atoms with Crippen LogP contribution in [0, 0.1) is 5.92 Å². The predicted octanol–water partition coefficient (Wildman–Crippen LogP) is 3.55. The van der Waals surface area contributed by atoms with Gasteiger partial charge in [0, 0.05) is 11.5 Å². The van der Waals surface area contributed by atoms with Gasteiger partial charge in [0.15, 0.2) is 6.54 Å². The van der Waals surface area contributed by atoms with Gasteiger partial charge in [-0.15, -0.1) is 0 Å². The highest BCUT2D eigenvalue weighted by Gasteiger charge is 2.20. The van der Waals surface area contributed by atoms with Crippen molar-refractivity contribution in [3.63, 3.8) is 0 Å². The SMILES string of the molecule is CCOc1ccccc1NC(=O)C[NH2+][C@H](c1ccc(CC)cc1)C(C)C. The van der Waals surface area contributed by atoms with Gasteiger partial charge in [0.2, 0.25) is 0 Å². The molecule has 0 radical (unpaired) electrons. The molecule has 4 heteroatoms. The molecule has 0 fully saturated rings. The van der Waals surface area contributed by atoms with Crippen LogP contribution in [0.5, 0.6) is 5.75 Å². The second kappa shape index (κ2) is 9.97. The van der Waals surface area contributed by atoms with E-state index in [0.717, 1.165) is 12.1 Å². The van der Waals surface area contributed by atoms with Crippen molar-refractivity contribution >= 4 is 11.6 Å². The van der Waals surface area contributed by atoms with Gasteiger partial charge in [0.05, 0.1) is 12.3 Å². The van der Waals surface area contributed by atoms with Crippen molar-refractivity contribution in [1.82, 2.24) is 0 Å². The lowest BCUT2D eigenvalue weighted by atomic mass is 9.95. The van der Waals surface area contributed by atoms with E-state index in [-0.39, 0.29) is 11.9 Å². The van der Waals surface area contributed by atoms with Gasteiger partial charge in [0.1, 0.15) is 11.8 Å².